The van der Waals surface area contributed by atoms with Gasteiger partial charge in [0.15, 0.2) is 0 Å². The Bertz CT molecular complexity index is 378. The van der Waals surface area contributed by atoms with Gasteiger partial charge in [-0.15, -0.1) is 10.2 Å². The number of rotatable bonds is 5. The van der Waals surface area contributed by atoms with Crippen molar-refractivity contribution in [3.8, 4) is 0 Å². The van der Waals surface area contributed by atoms with Gasteiger partial charge < -0.3 is 9.88 Å². The second kappa shape index (κ2) is 5.73. The Morgan fingerprint density at radius 3 is 3.11 bits per heavy atom. The summed E-state index contributed by atoms with van der Waals surface area (Å²) in [5.41, 5.74) is 0. The van der Waals surface area contributed by atoms with E-state index in [-0.39, 0.29) is 18.8 Å². The average Bonchev–Trinajstić information content (AvgIpc) is 2.75. The molecule has 0 amide bonds. The maximum absolute atomic E-state index is 13.2. The van der Waals surface area contributed by atoms with Gasteiger partial charge in [-0.1, -0.05) is 0 Å². The molecule has 18 heavy (non-hydrogen) atoms. The molecule has 0 aliphatic heterocycles. The lowest BCUT2D eigenvalue weighted by molar-refractivity contribution is -0.0520. The highest BCUT2D eigenvalue weighted by Gasteiger charge is 2.35. The second-order valence-corrected chi connectivity index (χ2v) is 4.98. The molecular weight excluding hydrogens is 238 g/mol. The van der Waals surface area contributed by atoms with Crippen LogP contribution in [0.25, 0.3) is 0 Å². The molecule has 1 fully saturated rings. The molecule has 0 radical (unpaired) electrons. The Morgan fingerprint density at radius 2 is 2.39 bits per heavy atom. The third kappa shape index (κ3) is 3.48. The largest absolute Gasteiger partial charge is 0.317 e. The molecule has 102 valence electrons. The van der Waals surface area contributed by atoms with E-state index < -0.39 is 5.92 Å². The van der Waals surface area contributed by atoms with Gasteiger partial charge in [-0.2, -0.15) is 0 Å². The molecule has 1 atom stereocenters. The average molecular weight is 258 g/mol. The lowest BCUT2D eigenvalue weighted by Crippen LogP contribution is -2.32. The number of aromatic nitrogens is 3. The molecule has 0 aromatic carbocycles. The van der Waals surface area contributed by atoms with Crippen LogP contribution in [-0.4, -0.2) is 27.2 Å². The zero-order chi connectivity index (χ0) is 13.0. The summed E-state index contributed by atoms with van der Waals surface area (Å²) in [5, 5.41) is 11.0. The van der Waals surface area contributed by atoms with Gasteiger partial charge in [0.1, 0.15) is 12.2 Å². The van der Waals surface area contributed by atoms with Gasteiger partial charge in [0.05, 0.1) is 6.54 Å². The third-order valence-corrected chi connectivity index (χ3v) is 3.49. The zero-order valence-corrected chi connectivity index (χ0v) is 10.7. The van der Waals surface area contributed by atoms with Crippen LogP contribution in [0.4, 0.5) is 8.78 Å². The Labute approximate surface area is 106 Å². The topological polar surface area (TPSA) is 42.7 Å². The molecule has 6 heteroatoms. The molecule has 0 bridgehead atoms. The van der Waals surface area contributed by atoms with Gasteiger partial charge >= 0.3 is 0 Å². The fraction of sp³-hybridized carbons (Fsp3) is 0.833. The van der Waals surface area contributed by atoms with Gasteiger partial charge in [-0.05, 0) is 32.2 Å². The van der Waals surface area contributed by atoms with Crippen LogP contribution in [0.5, 0.6) is 0 Å². The Balaban J connectivity index is 1.75. The second-order valence-electron chi connectivity index (χ2n) is 4.98. The molecule has 1 aliphatic carbocycles. The first kappa shape index (κ1) is 13.4. The quantitative estimate of drug-likeness (QED) is 0.880. The van der Waals surface area contributed by atoms with Crippen LogP contribution in [0, 0.1) is 5.92 Å². The molecule has 1 aromatic heterocycles. The first-order valence-electron chi connectivity index (χ1n) is 6.56. The first-order valence-corrected chi connectivity index (χ1v) is 6.56. The summed E-state index contributed by atoms with van der Waals surface area (Å²) in [4.78, 5) is 0. The van der Waals surface area contributed by atoms with Crippen molar-refractivity contribution in [2.24, 2.45) is 5.92 Å². The van der Waals surface area contributed by atoms with E-state index in [0.717, 1.165) is 18.8 Å². The standard InChI is InChI=1S/C12H20F2N4/c1-2-18-9-16-17-11(18)8-15-7-10-4-3-5-12(13,14)6-10/h9-10,15H,2-8H2,1H3. The first-order chi connectivity index (χ1) is 8.61. The molecule has 1 saturated carbocycles. The number of nitrogens with zero attached hydrogens (tertiary/aromatic N) is 3. The van der Waals surface area contributed by atoms with Crippen LogP contribution in [0.15, 0.2) is 6.33 Å². The number of nitrogens with one attached hydrogen (secondary N) is 1. The number of alkyl halides is 2. The summed E-state index contributed by atoms with van der Waals surface area (Å²) < 4.78 is 28.4. The highest BCUT2D eigenvalue weighted by atomic mass is 19.3. The smallest absolute Gasteiger partial charge is 0.248 e. The molecule has 0 spiro atoms. The van der Waals surface area contributed by atoms with Crippen molar-refractivity contribution in [1.29, 1.82) is 0 Å². The van der Waals surface area contributed by atoms with Crippen LogP contribution >= 0.6 is 0 Å². The maximum atomic E-state index is 13.2. The van der Waals surface area contributed by atoms with Gasteiger partial charge in [-0.25, -0.2) is 8.78 Å². The number of halogens is 2. The minimum absolute atomic E-state index is 0.0144. The highest BCUT2D eigenvalue weighted by Crippen LogP contribution is 2.36. The monoisotopic (exact) mass is 258 g/mol. The molecule has 1 heterocycles. The van der Waals surface area contributed by atoms with Crippen LogP contribution in [0.1, 0.15) is 38.4 Å². The zero-order valence-electron chi connectivity index (χ0n) is 10.7. The molecule has 1 N–H and O–H groups in total. The molecule has 2 rings (SSSR count). The van der Waals surface area contributed by atoms with Crippen molar-refractivity contribution >= 4 is 0 Å². The van der Waals surface area contributed by atoms with Crippen molar-refractivity contribution in [3.05, 3.63) is 12.2 Å². The summed E-state index contributed by atoms with van der Waals surface area (Å²) in [5.74, 6) is -1.53. The van der Waals surface area contributed by atoms with E-state index in [2.05, 4.69) is 15.5 Å². The Kier molecular flexibility index (Phi) is 4.27. The fourth-order valence-corrected chi connectivity index (χ4v) is 2.52. The normalized spacial score (nSPS) is 23.2. The van der Waals surface area contributed by atoms with Crippen molar-refractivity contribution in [2.75, 3.05) is 6.54 Å². The van der Waals surface area contributed by atoms with E-state index in [1.54, 1.807) is 6.33 Å². The summed E-state index contributed by atoms with van der Waals surface area (Å²) in [7, 11) is 0. The van der Waals surface area contributed by atoms with Gasteiger partial charge in [0.25, 0.3) is 0 Å². The van der Waals surface area contributed by atoms with Crippen LogP contribution in [0.2, 0.25) is 0 Å². The Hall–Kier alpha value is -1.04. The van der Waals surface area contributed by atoms with E-state index in [9.17, 15) is 8.78 Å². The van der Waals surface area contributed by atoms with Crippen LogP contribution < -0.4 is 5.32 Å². The molecule has 1 unspecified atom stereocenters. The van der Waals surface area contributed by atoms with E-state index in [1.165, 1.54) is 0 Å². The van der Waals surface area contributed by atoms with E-state index in [0.29, 0.717) is 19.5 Å². The van der Waals surface area contributed by atoms with Crippen molar-refractivity contribution in [1.82, 2.24) is 20.1 Å². The molecule has 4 nitrogen and oxygen atoms in total. The fourth-order valence-electron chi connectivity index (χ4n) is 2.52. The maximum Gasteiger partial charge on any atom is 0.248 e. The number of hydrogen-bond donors (Lipinski definition) is 1. The Morgan fingerprint density at radius 1 is 1.56 bits per heavy atom. The molecule has 0 saturated heterocycles. The minimum Gasteiger partial charge on any atom is -0.317 e. The third-order valence-electron chi connectivity index (χ3n) is 3.49. The van der Waals surface area contributed by atoms with E-state index in [4.69, 9.17) is 0 Å². The van der Waals surface area contributed by atoms with Crippen molar-refractivity contribution in [2.45, 2.75) is 51.6 Å². The number of hydrogen-bond acceptors (Lipinski definition) is 3. The summed E-state index contributed by atoms with van der Waals surface area (Å²) >= 11 is 0. The van der Waals surface area contributed by atoms with Crippen LogP contribution in [-0.2, 0) is 13.1 Å². The summed E-state index contributed by atoms with van der Waals surface area (Å²) in [6.45, 7) is 4.07. The van der Waals surface area contributed by atoms with E-state index in [1.807, 2.05) is 11.5 Å². The predicted octanol–water partition coefficient (Wildman–Crippen LogP) is 2.21. The predicted molar refractivity (Wildman–Crippen MR) is 64.3 cm³/mol. The minimum atomic E-state index is -2.46. The van der Waals surface area contributed by atoms with E-state index >= 15 is 0 Å². The molecular formula is C12H20F2N4. The SMILES string of the molecule is CCn1cnnc1CNCC1CCCC(F)(F)C1. The number of aryl methyl sites for hydroxylation is 1. The van der Waals surface area contributed by atoms with Crippen molar-refractivity contribution < 1.29 is 8.78 Å². The van der Waals surface area contributed by atoms with Gasteiger partial charge in [0, 0.05) is 19.4 Å². The van der Waals surface area contributed by atoms with Crippen molar-refractivity contribution in [3.63, 3.8) is 0 Å². The van der Waals surface area contributed by atoms with Gasteiger partial charge in [0.2, 0.25) is 5.92 Å². The van der Waals surface area contributed by atoms with Gasteiger partial charge in [-0.3, -0.25) is 0 Å². The lowest BCUT2D eigenvalue weighted by Gasteiger charge is -2.28. The highest BCUT2D eigenvalue weighted by molar-refractivity contribution is 4.86. The summed E-state index contributed by atoms with van der Waals surface area (Å²) in [6, 6.07) is 0. The lowest BCUT2D eigenvalue weighted by atomic mass is 9.86. The van der Waals surface area contributed by atoms with Crippen LogP contribution in [0.3, 0.4) is 0 Å². The summed E-state index contributed by atoms with van der Waals surface area (Å²) in [6.07, 6.45) is 3.27. The molecule has 1 aliphatic rings. The molecule has 1 aromatic rings.